The Balaban J connectivity index is 1.46. The largest absolute Gasteiger partial charge is 0.355 e. The summed E-state index contributed by atoms with van der Waals surface area (Å²) in [5.41, 5.74) is 1.85. The Kier molecular flexibility index (Phi) is 6.47. The fourth-order valence-corrected chi connectivity index (χ4v) is 4.24. The molecule has 4 rings (SSSR count). The lowest BCUT2D eigenvalue weighted by Gasteiger charge is -2.09. The second kappa shape index (κ2) is 9.61. The van der Waals surface area contributed by atoms with Crippen LogP contribution in [0.5, 0.6) is 0 Å². The number of carbonyl (C=O) groups excluding carboxylic acids is 1. The summed E-state index contributed by atoms with van der Waals surface area (Å²) < 4.78 is 3.36. The number of amides is 1. The molecule has 0 aliphatic rings. The first-order chi connectivity index (χ1) is 15.2. The molecule has 0 radical (unpaired) electrons. The predicted molar refractivity (Wildman–Crippen MR) is 123 cm³/mol. The van der Waals surface area contributed by atoms with Crippen LogP contribution in [0, 0.1) is 0 Å². The van der Waals surface area contributed by atoms with Crippen LogP contribution in [0.3, 0.4) is 0 Å². The predicted octanol–water partition coefficient (Wildman–Crippen LogP) is 3.07. The minimum Gasteiger partial charge on any atom is -0.355 e. The highest BCUT2D eigenvalue weighted by Gasteiger charge is 2.16. The van der Waals surface area contributed by atoms with Gasteiger partial charge in [0.25, 0.3) is 5.56 Å². The van der Waals surface area contributed by atoms with Crippen LogP contribution in [0.2, 0.25) is 0 Å². The first kappa shape index (κ1) is 20.9. The molecule has 2 aromatic heterocycles. The van der Waals surface area contributed by atoms with Crippen LogP contribution < -0.4 is 10.9 Å². The molecule has 2 aromatic carbocycles. The standard InChI is InChI=1S/C23H23N5O2S/c1-2-15-27-21(30)18-12-6-7-13-19(18)28-22(27)25-26-23(28)31-16-20(29)24-14-8-11-17-9-4-3-5-10-17/h2-7,9-10,12-13H,1,8,11,14-16H2,(H,24,29). The second-order valence-corrected chi connectivity index (χ2v) is 8.01. The number of hydrogen-bond donors (Lipinski definition) is 1. The molecule has 0 aliphatic carbocycles. The van der Waals surface area contributed by atoms with Gasteiger partial charge in [-0.2, -0.15) is 0 Å². The van der Waals surface area contributed by atoms with Gasteiger partial charge in [0, 0.05) is 13.1 Å². The lowest BCUT2D eigenvalue weighted by Crippen LogP contribution is -2.26. The van der Waals surface area contributed by atoms with Gasteiger partial charge in [0.2, 0.25) is 11.7 Å². The van der Waals surface area contributed by atoms with Gasteiger partial charge in [-0.05, 0) is 30.5 Å². The second-order valence-electron chi connectivity index (χ2n) is 7.07. The molecular formula is C23H23N5O2S. The van der Waals surface area contributed by atoms with Crippen molar-refractivity contribution >= 4 is 34.3 Å². The molecule has 2 heterocycles. The third kappa shape index (κ3) is 4.54. The van der Waals surface area contributed by atoms with Crippen LogP contribution >= 0.6 is 11.8 Å². The highest BCUT2D eigenvalue weighted by molar-refractivity contribution is 7.99. The van der Waals surface area contributed by atoms with Gasteiger partial charge in [0.05, 0.1) is 16.7 Å². The number of hydrogen-bond acceptors (Lipinski definition) is 5. The maximum atomic E-state index is 12.8. The zero-order chi connectivity index (χ0) is 21.6. The number of para-hydroxylation sites is 1. The summed E-state index contributed by atoms with van der Waals surface area (Å²) in [6.45, 7) is 4.68. The Hall–Kier alpha value is -3.39. The number of nitrogens with one attached hydrogen (secondary N) is 1. The number of fused-ring (bicyclic) bond motifs is 3. The Morgan fingerprint density at radius 2 is 1.87 bits per heavy atom. The van der Waals surface area contributed by atoms with Crippen molar-refractivity contribution in [3.05, 3.63) is 83.2 Å². The molecule has 0 atom stereocenters. The SMILES string of the molecule is C=CCn1c(=O)c2ccccc2n2c(SCC(=O)NCCCc3ccccc3)nnc12. The summed E-state index contributed by atoms with van der Waals surface area (Å²) in [7, 11) is 0. The van der Waals surface area contributed by atoms with Gasteiger partial charge in [-0.3, -0.25) is 18.6 Å². The lowest BCUT2D eigenvalue weighted by molar-refractivity contribution is -0.118. The summed E-state index contributed by atoms with van der Waals surface area (Å²) in [4.78, 5) is 25.1. The highest BCUT2D eigenvalue weighted by atomic mass is 32.2. The summed E-state index contributed by atoms with van der Waals surface area (Å²) in [5, 5.41) is 12.6. The Morgan fingerprint density at radius 3 is 2.68 bits per heavy atom. The average molecular weight is 434 g/mol. The molecule has 0 saturated heterocycles. The molecule has 8 heteroatoms. The van der Waals surface area contributed by atoms with Gasteiger partial charge in [-0.1, -0.05) is 60.3 Å². The fourth-order valence-electron chi connectivity index (χ4n) is 3.47. The van der Waals surface area contributed by atoms with Gasteiger partial charge >= 0.3 is 0 Å². The van der Waals surface area contributed by atoms with Crippen LogP contribution in [0.1, 0.15) is 12.0 Å². The van der Waals surface area contributed by atoms with E-state index in [-0.39, 0.29) is 17.2 Å². The minimum atomic E-state index is -0.136. The molecule has 0 bridgehead atoms. The molecule has 0 aliphatic heterocycles. The smallest absolute Gasteiger partial charge is 0.263 e. The Bertz CT molecular complexity index is 1280. The molecule has 0 unspecified atom stereocenters. The molecule has 7 nitrogen and oxygen atoms in total. The van der Waals surface area contributed by atoms with Crippen LogP contribution in [-0.2, 0) is 17.8 Å². The molecule has 1 amide bonds. The van der Waals surface area contributed by atoms with E-state index in [1.54, 1.807) is 12.1 Å². The van der Waals surface area contributed by atoms with Crippen molar-refractivity contribution < 1.29 is 4.79 Å². The number of benzene rings is 2. The van der Waals surface area contributed by atoms with Gasteiger partial charge in [0.15, 0.2) is 5.16 Å². The molecular weight excluding hydrogens is 410 g/mol. The summed E-state index contributed by atoms with van der Waals surface area (Å²) in [6, 6.07) is 17.5. The van der Waals surface area contributed by atoms with E-state index in [4.69, 9.17) is 0 Å². The van der Waals surface area contributed by atoms with Crippen LogP contribution in [0.15, 0.2) is 77.2 Å². The number of nitrogens with zero attached hydrogens (tertiary/aromatic N) is 4. The third-order valence-electron chi connectivity index (χ3n) is 4.93. The zero-order valence-corrected chi connectivity index (χ0v) is 17.8. The van der Waals surface area contributed by atoms with Crippen molar-refractivity contribution in [2.45, 2.75) is 24.5 Å². The minimum absolute atomic E-state index is 0.0569. The number of rotatable bonds is 9. The van der Waals surface area contributed by atoms with Crippen molar-refractivity contribution in [2.24, 2.45) is 0 Å². The van der Waals surface area contributed by atoms with E-state index in [1.807, 2.05) is 40.8 Å². The topological polar surface area (TPSA) is 81.3 Å². The lowest BCUT2D eigenvalue weighted by atomic mass is 10.1. The van der Waals surface area contributed by atoms with Crippen molar-refractivity contribution in [3.63, 3.8) is 0 Å². The molecule has 0 fully saturated rings. The molecule has 1 N–H and O–H groups in total. The van der Waals surface area contributed by atoms with Crippen LogP contribution in [-0.4, -0.2) is 37.4 Å². The Labute approximate surface area is 183 Å². The zero-order valence-electron chi connectivity index (χ0n) is 17.0. The van der Waals surface area contributed by atoms with E-state index in [2.05, 4.69) is 34.2 Å². The average Bonchev–Trinajstić information content (AvgIpc) is 3.23. The molecule has 31 heavy (non-hydrogen) atoms. The molecule has 4 aromatic rings. The van der Waals surface area contributed by atoms with Crippen molar-refractivity contribution in [2.75, 3.05) is 12.3 Å². The quantitative estimate of drug-likeness (QED) is 0.249. The summed E-state index contributed by atoms with van der Waals surface area (Å²) in [5.74, 6) is 0.606. The van der Waals surface area contributed by atoms with E-state index < -0.39 is 0 Å². The maximum absolute atomic E-state index is 12.8. The van der Waals surface area contributed by atoms with E-state index >= 15 is 0 Å². The van der Waals surface area contributed by atoms with Gasteiger partial charge < -0.3 is 5.32 Å². The van der Waals surface area contributed by atoms with Crippen molar-refractivity contribution in [1.29, 1.82) is 0 Å². The monoisotopic (exact) mass is 433 g/mol. The first-order valence-corrected chi connectivity index (χ1v) is 11.1. The van der Waals surface area contributed by atoms with Gasteiger partial charge in [-0.15, -0.1) is 16.8 Å². The molecule has 158 valence electrons. The fraction of sp³-hybridized carbons (Fsp3) is 0.217. The van der Waals surface area contributed by atoms with Crippen molar-refractivity contribution in [1.82, 2.24) is 24.5 Å². The third-order valence-corrected chi connectivity index (χ3v) is 5.86. The summed E-state index contributed by atoms with van der Waals surface area (Å²) in [6.07, 6.45) is 3.46. The number of thioether (sulfide) groups is 1. The molecule has 0 spiro atoms. The normalized spacial score (nSPS) is 11.1. The van der Waals surface area contributed by atoms with Gasteiger partial charge in [0.1, 0.15) is 0 Å². The summed E-state index contributed by atoms with van der Waals surface area (Å²) >= 11 is 1.30. The molecule has 0 saturated carbocycles. The van der Waals surface area contributed by atoms with Crippen LogP contribution in [0.25, 0.3) is 16.7 Å². The van der Waals surface area contributed by atoms with E-state index in [0.717, 1.165) is 18.4 Å². The van der Waals surface area contributed by atoms with Crippen LogP contribution in [0.4, 0.5) is 0 Å². The van der Waals surface area contributed by atoms with Gasteiger partial charge in [-0.25, -0.2) is 0 Å². The highest BCUT2D eigenvalue weighted by Crippen LogP contribution is 2.21. The first-order valence-electron chi connectivity index (χ1n) is 10.1. The number of aryl methyl sites for hydroxylation is 1. The van der Waals surface area contributed by atoms with Crippen molar-refractivity contribution in [3.8, 4) is 0 Å². The number of aromatic nitrogens is 4. The van der Waals surface area contributed by atoms with E-state index in [0.29, 0.717) is 29.4 Å². The Morgan fingerprint density at radius 1 is 1.10 bits per heavy atom. The van der Waals surface area contributed by atoms with E-state index in [9.17, 15) is 9.59 Å². The number of allylic oxidation sites excluding steroid dienone is 1. The van der Waals surface area contributed by atoms with E-state index in [1.165, 1.54) is 21.9 Å². The maximum Gasteiger partial charge on any atom is 0.263 e. The number of carbonyl (C=O) groups is 1.